The lowest BCUT2D eigenvalue weighted by Gasteiger charge is -2.37. The van der Waals surface area contributed by atoms with E-state index in [4.69, 9.17) is 33.5 Å². The van der Waals surface area contributed by atoms with Crippen molar-refractivity contribution >= 4 is 17.5 Å². The summed E-state index contributed by atoms with van der Waals surface area (Å²) in [5.74, 6) is 0.0379. The van der Waals surface area contributed by atoms with E-state index in [9.17, 15) is 19.5 Å². The van der Waals surface area contributed by atoms with Crippen LogP contribution in [-0.2, 0) is 20.7 Å². The summed E-state index contributed by atoms with van der Waals surface area (Å²) in [5.41, 5.74) is 3.96. The Morgan fingerprint density at radius 1 is 1.04 bits per heavy atom. The van der Waals surface area contributed by atoms with Gasteiger partial charge in [0.1, 0.15) is 53.5 Å². The summed E-state index contributed by atoms with van der Waals surface area (Å²) in [4.78, 5) is 36.6. The first-order valence-corrected chi connectivity index (χ1v) is 15.2. The van der Waals surface area contributed by atoms with Crippen molar-refractivity contribution in [3.63, 3.8) is 0 Å². The average Bonchev–Trinajstić information content (AvgIpc) is 3.50. The number of benzene rings is 2. The summed E-state index contributed by atoms with van der Waals surface area (Å²) >= 11 is 0. The molecule has 0 aromatic heterocycles. The third kappa shape index (κ3) is 5.10. The van der Waals surface area contributed by atoms with Gasteiger partial charge in [-0.1, -0.05) is 13.5 Å². The summed E-state index contributed by atoms with van der Waals surface area (Å²) in [5, 5.41) is 18.8. The van der Waals surface area contributed by atoms with Crippen molar-refractivity contribution in [3.05, 3.63) is 87.4 Å². The lowest BCUT2D eigenvalue weighted by Crippen LogP contribution is -2.43. The van der Waals surface area contributed by atoms with Gasteiger partial charge < -0.3 is 38.6 Å². The maximum Gasteiger partial charge on any atom is 0.343 e. The fourth-order valence-corrected chi connectivity index (χ4v) is 6.65. The molecule has 2 N–H and O–H groups in total. The Kier molecular flexibility index (Phi) is 8.03. The van der Waals surface area contributed by atoms with Crippen LogP contribution in [0.4, 0.5) is 0 Å². The predicted octanol–water partition coefficient (Wildman–Crippen LogP) is 5.42. The first-order valence-electron chi connectivity index (χ1n) is 15.2. The van der Waals surface area contributed by atoms with Crippen molar-refractivity contribution in [3.8, 4) is 28.7 Å². The highest BCUT2D eigenvalue weighted by molar-refractivity contribution is 6.26. The maximum absolute atomic E-state index is 13.5. The molecular formula is C36H36O11. The van der Waals surface area contributed by atoms with Crippen molar-refractivity contribution in [2.45, 2.75) is 58.3 Å². The molecular weight excluding hydrogens is 608 g/mol. The number of methoxy groups -OCH3 is 2. The molecule has 0 amide bonds. The van der Waals surface area contributed by atoms with E-state index in [0.717, 1.165) is 22.4 Å². The van der Waals surface area contributed by atoms with Gasteiger partial charge in [0.25, 0.3) is 0 Å². The van der Waals surface area contributed by atoms with Crippen LogP contribution < -0.4 is 23.7 Å². The highest BCUT2D eigenvalue weighted by Gasteiger charge is 2.46. The largest absolute Gasteiger partial charge is 0.507 e. The molecule has 11 heteroatoms. The Morgan fingerprint density at radius 2 is 1.74 bits per heavy atom. The van der Waals surface area contributed by atoms with Crippen LogP contribution in [0.2, 0.25) is 0 Å². The van der Waals surface area contributed by atoms with Crippen LogP contribution in [-0.4, -0.2) is 66.9 Å². The minimum atomic E-state index is -1.43. The molecule has 0 fully saturated rings. The van der Waals surface area contributed by atoms with E-state index < -0.39 is 35.1 Å². The molecule has 4 heterocycles. The van der Waals surface area contributed by atoms with Crippen LogP contribution in [0.5, 0.6) is 28.7 Å². The fourth-order valence-electron chi connectivity index (χ4n) is 6.65. The summed E-state index contributed by atoms with van der Waals surface area (Å²) in [6.07, 6.45) is 1.33. The number of carboxylic acids is 1. The second-order valence-electron chi connectivity index (χ2n) is 12.2. The van der Waals surface area contributed by atoms with E-state index >= 15 is 0 Å². The zero-order valence-corrected chi connectivity index (χ0v) is 27.0. The van der Waals surface area contributed by atoms with Crippen LogP contribution in [0.25, 0.3) is 0 Å². The summed E-state index contributed by atoms with van der Waals surface area (Å²) in [6.45, 7) is 11.6. The molecule has 7 rings (SSSR count). The Bertz CT molecular complexity index is 1830. The van der Waals surface area contributed by atoms with Gasteiger partial charge in [-0.15, -0.1) is 0 Å². The topological polar surface area (TPSA) is 147 Å². The molecule has 0 saturated heterocycles. The number of ether oxygens (including phenoxy) is 6. The number of hydrogen-bond acceptors (Lipinski definition) is 10. The van der Waals surface area contributed by atoms with Gasteiger partial charge in [-0.05, 0) is 55.7 Å². The number of rotatable bonds is 4. The molecule has 0 saturated carbocycles. The zero-order chi connectivity index (χ0) is 33.9. The van der Waals surface area contributed by atoms with E-state index in [2.05, 4.69) is 6.58 Å². The smallest absolute Gasteiger partial charge is 0.343 e. The van der Waals surface area contributed by atoms with Crippen LogP contribution in [0, 0.1) is 5.92 Å². The molecule has 4 aliphatic heterocycles. The summed E-state index contributed by atoms with van der Waals surface area (Å²) in [6, 6.07) is 7.23. The van der Waals surface area contributed by atoms with Gasteiger partial charge in [-0.25, -0.2) is 4.79 Å². The van der Waals surface area contributed by atoms with E-state index in [-0.39, 0.29) is 36.1 Å². The number of Topliss-reactive ketones (excluding diaryl/α,β-unsaturated/α-hetero) is 2. The second kappa shape index (κ2) is 11.9. The predicted molar refractivity (Wildman–Crippen MR) is 169 cm³/mol. The lowest BCUT2D eigenvalue weighted by molar-refractivity contribution is -0.134. The first-order chi connectivity index (χ1) is 22.4. The van der Waals surface area contributed by atoms with Gasteiger partial charge in [0.2, 0.25) is 5.78 Å². The van der Waals surface area contributed by atoms with Gasteiger partial charge in [0.05, 0.1) is 37.5 Å². The standard InChI is InChI=1S/C23H22O6.C13H14O5/c1-11(2)16-8-14-15(28-16)6-5-12-22(24)21-13-7-18(25-3)19(26-4)9-17(13)27-10-20(21)29-23(12)14;1-5-7(3)18-4-8-9(5)6(2)11(14)10(12(8)15)13(16)17/h5-7,9,16,20-21H,1,8,10H2,2-4H3;4-5,7,14H,1-3H3,(H,16,17)/t16-,20-,21+;5-,7-/m11/s1. The van der Waals surface area contributed by atoms with Gasteiger partial charge in [0.15, 0.2) is 17.3 Å². The van der Waals surface area contributed by atoms with E-state index in [0.29, 0.717) is 46.1 Å². The summed E-state index contributed by atoms with van der Waals surface area (Å²) < 4.78 is 34.3. The molecule has 0 spiro atoms. The number of carbonyl (C=O) groups excluding carboxylic acids is 2. The average molecular weight is 645 g/mol. The number of aliphatic hydroxyl groups is 1. The lowest BCUT2D eigenvalue weighted by atomic mass is 9.78. The SMILES string of the molecule is C=C(C)[C@H]1Cc2c(ccc3c2O[C@@H]2COc4cc(OC)c(OC)cc4[C@@H]2C3=O)O1.CC1=C2C(=CO[C@H](C)[C@H]2C)C(=O)C(C(=O)O)=C1O. The molecule has 47 heavy (non-hydrogen) atoms. The van der Waals surface area contributed by atoms with Crippen LogP contribution in [0.3, 0.4) is 0 Å². The van der Waals surface area contributed by atoms with Crippen LogP contribution >= 0.6 is 0 Å². The highest BCUT2D eigenvalue weighted by Crippen LogP contribution is 2.50. The van der Waals surface area contributed by atoms with Gasteiger partial charge in [-0.3, -0.25) is 9.59 Å². The Hall–Kier alpha value is -5.19. The zero-order valence-electron chi connectivity index (χ0n) is 27.0. The third-order valence-corrected chi connectivity index (χ3v) is 9.40. The molecule has 5 aliphatic rings. The molecule has 0 bridgehead atoms. The molecule has 246 valence electrons. The van der Waals surface area contributed by atoms with Crippen molar-refractivity contribution in [2.75, 3.05) is 20.8 Å². The monoisotopic (exact) mass is 644 g/mol. The van der Waals surface area contributed by atoms with Crippen molar-refractivity contribution in [1.82, 2.24) is 0 Å². The molecule has 2 aromatic rings. The van der Waals surface area contributed by atoms with Gasteiger partial charge in [0, 0.05) is 29.5 Å². The van der Waals surface area contributed by atoms with Crippen molar-refractivity contribution in [2.24, 2.45) is 5.92 Å². The fraction of sp³-hybridized carbons (Fsp3) is 0.361. The molecule has 0 unspecified atom stereocenters. The van der Waals surface area contributed by atoms with E-state index in [1.807, 2.05) is 32.9 Å². The number of carboxylic acid groups (broad SMARTS) is 1. The third-order valence-electron chi connectivity index (χ3n) is 9.40. The number of ketones is 2. The molecule has 2 aromatic carbocycles. The Balaban J connectivity index is 0.000000185. The van der Waals surface area contributed by atoms with Crippen LogP contribution in [0.15, 0.2) is 70.7 Å². The minimum absolute atomic E-state index is 0.0228. The molecule has 0 radical (unpaired) electrons. The maximum atomic E-state index is 13.5. The Labute approximate surface area is 271 Å². The highest BCUT2D eigenvalue weighted by atomic mass is 16.5. The second-order valence-corrected chi connectivity index (χ2v) is 12.2. The number of hydrogen-bond donors (Lipinski definition) is 2. The van der Waals surface area contributed by atoms with Crippen molar-refractivity contribution in [1.29, 1.82) is 0 Å². The summed E-state index contributed by atoms with van der Waals surface area (Å²) in [7, 11) is 3.14. The number of fused-ring (bicyclic) bond motifs is 7. The number of aliphatic carboxylic acids is 1. The normalized spacial score (nSPS) is 25.1. The quantitative estimate of drug-likeness (QED) is 0.325. The minimum Gasteiger partial charge on any atom is -0.507 e. The number of allylic oxidation sites excluding steroid dienone is 2. The van der Waals surface area contributed by atoms with Gasteiger partial charge in [-0.2, -0.15) is 0 Å². The molecule has 1 aliphatic carbocycles. The van der Waals surface area contributed by atoms with Gasteiger partial charge >= 0.3 is 5.97 Å². The Morgan fingerprint density at radius 3 is 2.40 bits per heavy atom. The van der Waals surface area contributed by atoms with E-state index in [1.54, 1.807) is 33.3 Å². The first kappa shape index (κ1) is 31.8. The number of aliphatic hydroxyl groups excluding tert-OH is 1. The van der Waals surface area contributed by atoms with Crippen LogP contribution in [0.1, 0.15) is 55.1 Å². The molecule has 11 nitrogen and oxygen atoms in total. The van der Waals surface area contributed by atoms with Crippen molar-refractivity contribution < 1.29 is 53.0 Å². The van der Waals surface area contributed by atoms with E-state index in [1.165, 1.54) is 6.26 Å². The number of carbonyl (C=O) groups is 3. The molecule has 5 atom stereocenters.